The highest BCUT2D eigenvalue weighted by Gasteiger charge is 2.18. The first-order chi connectivity index (χ1) is 16.7. The number of benzene rings is 3. The Hall–Kier alpha value is -2.46. The largest absolute Gasteiger partial charge is 0.494 e. The SMILES string of the molecule is CCCCCCOc1ccc(-n2c3ccccc3c3ccc(Br)c(OCCCCCC)c32)cc1. The highest BCUT2D eigenvalue weighted by atomic mass is 79.9. The maximum absolute atomic E-state index is 6.40. The van der Waals surface area contributed by atoms with E-state index in [2.05, 4.69) is 95.0 Å². The Bertz CT molecular complexity index is 1200. The second-order valence-electron chi connectivity index (χ2n) is 8.94. The normalized spacial score (nSPS) is 11.4. The average molecular weight is 523 g/mol. The molecule has 34 heavy (non-hydrogen) atoms. The number of nitrogens with zero attached hydrogens (tertiary/aromatic N) is 1. The van der Waals surface area contributed by atoms with Gasteiger partial charge in [0.05, 0.1) is 28.7 Å². The Morgan fingerprint density at radius 2 is 1.35 bits per heavy atom. The fourth-order valence-electron chi connectivity index (χ4n) is 4.52. The zero-order valence-corrected chi connectivity index (χ0v) is 22.1. The molecule has 0 atom stereocenters. The van der Waals surface area contributed by atoms with E-state index in [1.165, 1.54) is 54.8 Å². The molecule has 180 valence electrons. The summed E-state index contributed by atoms with van der Waals surface area (Å²) >= 11 is 3.76. The minimum Gasteiger partial charge on any atom is -0.494 e. The summed E-state index contributed by atoms with van der Waals surface area (Å²) in [6.07, 6.45) is 9.60. The van der Waals surface area contributed by atoms with Crippen molar-refractivity contribution >= 4 is 37.7 Å². The zero-order valence-electron chi connectivity index (χ0n) is 20.5. The topological polar surface area (TPSA) is 23.4 Å². The summed E-state index contributed by atoms with van der Waals surface area (Å²) in [5.41, 5.74) is 3.40. The predicted octanol–water partition coefficient (Wildman–Crippen LogP) is 9.46. The van der Waals surface area contributed by atoms with Crippen molar-refractivity contribution in [2.24, 2.45) is 0 Å². The number of hydrogen-bond donors (Lipinski definition) is 0. The molecule has 0 saturated carbocycles. The monoisotopic (exact) mass is 521 g/mol. The zero-order chi connectivity index (χ0) is 23.8. The van der Waals surface area contributed by atoms with Crippen molar-refractivity contribution in [3.05, 3.63) is 65.1 Å². The molecule has 1 heterocycles. The molecule has 0 spiro atoms. The summed E-state index contributed by atoms with van der Waals surface area (Å²) in [5, 5.41) is 2.44. The van der Waals surface area contributed by atoms with Crippen LogP contribution in [0, 0.1) is 0 Å². The van der Waals surface area contributed by atoms with Crippen LogP contribution in [0.3, 0.4) is 0 Å². The lowest BCUT2D eigenvalue weighted by Gasteiger charge is -2.14. The first kappa shape index (κ1) is 24.7. The molecule has 0 radical (unpaired) electrons. The molecule has 0 aliphatic rings. The Balaban J connectivity index is 1.67. The van der Waals surface area contributed by atoms with Crippen LogP contribution >= 0.6 is 15.9 Å². The van der Waals surface area contributed by atoms with E-state index >= 15 is 0 Å². The Labute approximate surface area is 212 Å². The third kappa shape index (κ3) is 5.60. The summed E-state index contributed by atoms with van der Waals surface area (Å²) in [6, 6.07) is 21.4. The van der Waals surface area contributed by atoms with Gasteiger partial charge in [0.2, 0.25) is 0 Å². The van der Waals surface area contributed by atoms with Gasteiger partial charge in [-0.15, -0.1) is 0 Å². The summed E-state index contributed by atoms with van der Waals surface area (Å²) in [5.74, 6) is 1.84. The Morgan fingerprint density at radius 1 is 0.676 bits per heavy atom. The van der Waals surface area contributed by atoms with Gasteiger partial charge in [0.25, 0.3) is 0 Å². The molecule has 3 nitrogen and oxygen atoms in total. The smallest absolute Gasteiger partial charge is 0.158 e. The van der Waals surface area contributed by atoms with Crippen LogP contribution in [0.2, 0.25) is 0 Å². The maximum atomic E-state index is 6.40. The first-order valence-electron chi connectivity index (χ1n) is 12.8. The van der Waals surface area contributed by atoms with E-state index in [1.807, 2.05) is 0 Å². The highest BCUT2D eigenvalue weighted by Crippen LogP contribution is 2.41. The molecule has 0 bridgehead atoms. The van der Waals surface area contributed by atoms with Crippen LogP contribution in [-0.2, 0) is 0 Å². The Kier molecular flexibility index (Phi) is 8.92. The van der Waals surface area contributed by atoms with Crippen LogP contribution in [0.4, 0.5) is 0 Å². The van der Waals surface area contributed by atoms with Gasteiger partial charge in [-0.1, -0.05) is 76.6 Å². The van der Waals surface area contributed by atoms with E-state index in [0.29, 0.717) is 0 Å². The lowest BCUT2D eigenvalue weighted by Crippen LogP contribution is -2.02. The van der Waals surface area contributed by atoms with Gasteiger partial charge in [0.15, 0.2) is 5.75 Å². The number of para-hydroxylation sites is 1. The standard InChI is InChI=1S/C30H36BrNO2/c1-3-5-7-11-21-33-24-17-15-23(16-18-24)32-28-14-10-9-13-25(28)26-19-20-27(31)30(29(26)32)34-22-12-8-6-4-2/h9-10,13-20H,3-8,11-12,21-22H2,1-2H3. The van der Waals surface area contributed by atoms with Crippen LogP contribution in [0.15, 0.2) is 65.1 Å². The number of fused-ring (bicyclic) bond motifs is 3. The predicted molar refractivity (Wildman–Crippen MR) is 148 cm³/mol. The van der Waals surface area contributed by atoms with Gasteiger partial charge in [-0.25, -0.2) is 0 Å². The molecule has 3 aromatic carbocycles. The molecule has 4 rings (SSSR count). The van der Waals surface area contributed by atoms with Crippen LogP contribution in [-0.4, -0.2) is 17.8 Å². The van der Waals surface area contributed by atoms with E-state index in [1.54, 1.807) is 0 Å². The second kappa shape index (κ2) is 12.3. The molecular formula is C30H36BrNO2. The van der Waals surface area contributed by atoms with Gasteiger partial charge >= 0.3 is 0 Å². The van der Waals surface area contributed by atoms with Crippen molar-refractivity contribution in [3.63, 3.8) is 0 Å². The van der Waals surface area contributed by atoms with Crippen molar-refractivity contribution in [2.75, 3.05) is 13.2 Å². The van der Waals surface area contributed by atoms with Crippen LogP contribution in [0.5, 0.6) is 11.5 Å². The molecule has 0 aliphatic carbocycles. The lowest BCUT2D eigenvalue weighted by atomic mass is 10.1. The summed E-state index contributed by atoms with van der Waals surface area (Å²) in [6.45, 7) is 5.97. The van der Waals surface area contributed by atoms with E-state index in [4.69, 9.17) is 9.47 Å². The third-order valence-electron chi connectivity index (χ3n) is 6.35. The number of aromatic nitrogens is 1. The van der Waals surface area contributed by atoms with E-state index in [-0.39, 0.29) is 0 Å². The molecule has 4 aromatic rings. The fraction of sp³-hybridized carbons (Fsp3) is 0.400. The third-order valence-corrected chi connectivity index (χ3v) is 6.97. The van der Waals surface area contributed by atoms with Crippen LogP contribution in [0.25, 0.3) is 27.5 Å². The number of halogens is 1. The molecule has 0 amide bonds. The van der Waals surface area contributed by atoms with Gasteiger partial charge in [-0.3, -0.25) is 0 Å². The van der Waals surface area contributed by atoms with Crippen LogP contribution in [0.1, 0.15) is 65.2 Å². The quantitative estimate of drug-likeness (QED) is 0.163. The minimum atomic E-state index is 0.726. The van der Waals surface area contributed by atoms with Gasteiger partial charge in [0.1, 0.15) is 5.75 Å². The molecule has 0 unspecified atom stereocenters. The Morgan fingerprint density at radius 3 is 2.06 bits per heavy atom. The summed E-state index contributed by atoms with van der Waals surface area (Å²) in [4.78, 5) is 0. The lowest BCUT2D eigenvalue weighted by molar-refractivity contribution is 0.305. The fourth-order valence-corrected chi connectivity index (χ4v) is 4.96. The minimum absolute atomic E-state index is 0.726. The van der Waals surface area contributed by atoms with Crippen molar-refractivity contribution in [3.8, 4) is 17.2 Å². The molecule has 0 aliphatic heterocycles. The van der Waals surface area contributed by atoms with E-state index in [9.17, 15) is 0 Å². The van der Waals surface area contributed by atoms with Gasteiger partial charge in [-0.2, -0.15) is 0 Å². The molecular weight excluding hydrogens is 486 g/mol. The van der Waals surface area contributed by atoms with Crippen molar-refractivity contribution in [1.29, 1.82) is 0 Å². The number of hydrogen-bond acceptors (Lipinski definition) is 2. The number of rotatable bonds is 13. The van der Waals surface area contributed by atoms with Gasteiger partial charge < -0.3 is 14.0 Å². The average Bonchev–Trinajstić information content (AvgIpc) is 3.20. The molecule has 0 saturated heterocycles. The number of unbranched alkanes of at least 4 members (excludes halogenated alkanes) is 6. The number of ether oxygens (including phenoxy) is 2. The van der Waals surface area contributed by atoms with Crippen LogP contribution < -0.4 is 9.47 Å². The first-order valence-corrected chi connectivity index (χ1v) is 13.6. The summed E-state index contributed by atoms with van der Waals surface area (Å²) < 4.78 is 15.7. The molecule has 1 aromatic heterocycles. The highest BCUT2D eigenvalue weighted by molar-refractivity contribution is 9.10. The maximum Gasteiger partial charge on any atom is 0.158 e. The van der Waals surface area contributed by atoms with E-state index < -0.39 is 0 Å². The molecule has 0 fully saturated rings. The van der Waals surface area contributed by atoms with E-state index in [0.717, 1.165) is 53.2 Å². The van der Waals surface area contributed by atoms with Gasteiger partial charge in [0, 0.05) is 16.5 Å². The molecule has 4 heteroatoms. The molecule has 0 N–H and O–H groups in total. The second-order valence-corrected chi connectivity index (χ2v) is 9.79. The van der Waals surface area contributed by atoms with Crippen molar-refractivity contribution in [2.45, 2.75) is 65.2 Å². The summed E-state index contributed by atoms with van der Waals surface area (Å²) in [7, 11) is 0. The van der Waals surface area contributed by atoms with Crippen molar-refractivity contribution in [1.82, 2.24) is 4.57 Å². The van der Waals surface area contributed by atoms with Crippen molar-refractivity contribution < 1.29 is 9.47 Å². The van der Waals surface area contributed by atoms with Gasteiger partial charge in [-0.05, 0) is 65.2 Å².